The fourth-order valence-electron chi connectivity index (χ4n) is 3.09. The van der Waals surface area contributed by atoms with E-state index in [1.807, 2.05) is 12.1 Å². The Bertz CT molecular complexity index is 959. The molecule has 0 radical (unpaired) electrons. The predicted molar refractivity (Wildman–Crippen MR) is 110 cm³/mol. The van der Waals surface area contributed by atoms with Crippen molar-refractivity contribution in [3.8, 4) is 6.07 Å². The molecule has 2 aromatic rings. The average Bonchev–Trinajstić information content (AvgIpc) is 3.03. The van der Waals surface area contributed by atoms with Crippen LogP contribution in [-0.4, -0.2) is 42.1 Å². The summed E-state index contributed by atoms with van der Waals surface area (Å²) < 4.78 is 10.4. The molecule has 1 aromatic carbocycles. The minimum absolute atomic E-state index is 0.0958. The number of amides is 1. The number of carbonyl (C=O) groups is 3. The number of nitriles is 1. The number of carbonyl (C=O) groups excluding carboxylic acids is 3. The number of anilines is 1. The number of nitrogens with zero attached hydrogens (tertiary/aromatic N) is 2. The molecule has 0 bridgehead atoms. The summed E-state index contributed by atoms with van der Waals surface area (Å²) in [6.07, 6.45) is -0.954. The number of hydrogen-bond donors (Lipinski definition) is 1. The largest absolute Gasteiger partial charge is 0.462 e. The summed E-state index contributed by atoms with van der Waals surface area (Å²) in [4.78, 5) is 42.0. The Morgan fingerprint density at radius 2 is 1.83 bits per heavy atom. The molecule has 0 spiro atoms. The number of hydrogen-bond acceptors (Lipinski definition) is 6. The second kappa shape index (κ2) is 10.3. The van der Waals surface area contributed by atoms with E-state index in [9.17, 15) is 14.4 Å². The Morgan fingerprint density at radius 1 is 1.17 bits per heavy atom. The maximum atomic E-state index is 12.9. The minimum atomic E-state index is -1.09. The molecule has 0 saturated carbocycles. The standard InChI is InChI=1S/C22H25N3O5/c1-5-29-21(27)18-14(2)19(24-15(18)3)22(28)30-16(4)20(26)25(13-9-12-23)17-10-7-6-8-11-17/h6-8,10-11,16,24H,5,9,13H2,1-4H3/t16-/m0/s1. The van der Waals surface area contributed by atoms with Crippen LogP contribution in [0, 0.1) is 25.2 Å². The molecule has 158 valence electrons. The predicted octanol–water partition coefficient (Wildman–Crippen LogP) is 3.30. The van der Waals surface area contributed by atoms with Gasteiger partial charge in [0, 0.05) is 17.9 Å². The third-order valence-corrected chi connectivity index (χ3v) is 4.53. The van der Waals surface area contributed by atoms with Crippen molar-refractivity contribution in [2.45, 2.75) is 40.2 Å². The van der Waals surface area contributed by atoms with Crippen LogP contribution in [0.15, 0.2) is 30.3 Å². The van der Waals surface area contributed by atoms with Crippen molar-refractivity contribution >= 4 is 23.5 Å². The van der Waals surface area contributed by atoms with Crippen molar-refractivity contribution in [2.24, 2.45) is 0 Å². The zero-order valence-electron chi connectivity index (χ0n) is 17.5. The Balaban J connectivity index is 2.20. The lowest BCUT2D eigenvalue weighted by molar-refractivity contribution is -0.126. The van der Waals surface area contributed by atoms with Gasteiger partial charge >= 0.3 is 11.9 Å². The van der Waals surface area contributed by atoms with E-state index in [4.69, 9.17) is 14.7 Å². The molecular weight excluding hydrogens is 386 g/mol. The van der Waals surface area contributed by atoms with Crippen LogP contribution in [0.1, 0.15) is 52.4 Å². The van der Waals surface area contributed by atoms with Crippen LogP contribution in [0.2, 0.25) is 0 Å². The van der Waals surface area contributed by atoms with E-state index >= 15 is 0 Å². The van der Waals surface area contributed by atoms with E-state index in [1.165, 1.54) is 11.8 Å². The highest BCUT2D eigenvalue weighted by Crippen LogP contribution is 2.21. The Hall–Kier alpha value is -3.60. The molecule has 1 aromatic heterocycles. The molecule has 0 saturated heterocycles. The SMILES string of the molecule is CCOC(=O)c1c(C)[nH]c(C(=O)O[C@@H](C)C(=O)N(CCC#N)c2ccccc2)c1C. The van der Waals surface area contributed by atoms with Gasteiger partial charge in [0.1, 0.15) is 5.69 Å². The highest BCUT2D eigenvalue weighted by molar-refractivity contribution is 6.01. The van der Waals surface area contributed by atoms with Gasteiger partial charge in [-0.15, -0.1) is 0 Å². The third-order valence-electron chi connectivity index (χ3n) is 4.53. The highest BCUT2D eigenvalue weighted by atomic mass is 16.5. The highest BCUT2D eigenvalue weighted by Gasteiger charge is 2.29. The fraction of sp³-hybridized carbons (Fsp3) is 0.364. The first-order chi connectivity index (χ1) is 14.3. The van der Waals surface area contributed by atoms with Crippen LogP contribution >= 0.6 is 0 Å². The van der Waals surface area contributed by atoms with Crippen LogP contribution in [-0.2, 0) is 14.3 Å². The molecule has 8 nitrogen and oxygen atoms in total. The van der Waals surface area contributed by atoms with E-state index < -0.39 is 23.9 Å². The number of ether oxygens (including phenoxy) is 2. The lowest BCUT2D eigenvalue weighted by atomic mass is 10.1. The number of para-hydroxylation sites is 1. The summed E-state index contributed by atoms with van der Waals surface area (Å²) in [6.45, 7) is 6.83. The molecule has 2 rings (SSSR count). The number of H-pyrrole nitrogens is 1. The van der Waals surface area contributed by atoms with Crippen molar-refractivity contribution in [1.82, 2.24) is 4.98 Å². The van der Waals surface area contributed by atoms with Gasteiger partial charge < -0.3 is 19.4 Å². The summed E-state index contributed by atoms with van der Waals surface area (Å²) in [5.74, 6) is -1.73. The molecule has 1 N–H and O–H groups in total. The molecule has 0 aliphatic carbocycles. The number of esters is 2. The normalized spacial score (nSPS) is 11.3. The van der Waals surface area contributed by atoms with Gasteiger partial charge in [0.2, 0.25) is 0 Å². The first kappa shape index (κ1) is 22.7. The number of aromatic nitrogens is 1. The van der Waals surface area contributed by atoms with Gasteiger partial charge in [0.15, 0.2) is 6.10 Å². The minimum Gasteiger partial charge on any atom is -0.462 e. The van der Waals surface area contributed by atoms with Crippen LogP contribution in [0.3, 0.4) is 0 Å². The summed E-state index contributed by atoms with van der Waals surface area (Å²) in [5, 5.41) is 8.90. The van der Waals surface area contributed by atoms with E-state index in [2.05, 4.69) is 4.98 Å². The van der Waals surface area contributed by atoms with Crippen LogP contribution < -0.4 is 4.90 Å². The molecule has 0 fully saturated rings. The fourth-order valence-corrected chi connectivity index (χ4v) is 3.09. The number of rotatable bonds is 8. The van der Waals surface area contributed by atoms with Gasteiger partial charge in [-0.25, -0.2) is 9.59 Å². The van der Waals surface area contributed by atoms with Crippen molar-refractivity contribution in [2.75, 3.05) is 18.1 Å². The summed E-state index contributed by atoms with van der Waals surface area (Å²) >= 11 is 0. The molecule has 8 heteroatoms. The number of benzene rings is 1. The smallest absolute Gasteiger partial charge is 0.355 e. The molecule has 0 aliphatic rings. The summed E-state index contributed by atoms with van der Waals surface area (Å²) in [7, 11) is 0. The number of aromatic amines is 1. The van der Waals surface area contributed by atoms with E-state index in [0.29, 0.717) is 16.9 Å². The van der Waals surface area contributed by atoms with Gasteiger partial charge in [-0.05, 0) is 45.4 Å². The lowest BCUT2D eigenvalue weighted by Crippen LogP contribution is -2.40. The maximum absolute atomic E-state index is 12.9. The zero-order chi connectivity index (χ0) is 22.3. The first-order valence-electron chi connectivity index (χ1n) is 9.62. The monoisotopic (exact) mass is 411 g/mol. The first-order valence-corrected chi connectivity index (χ1v) is 9.62. The summed E-state index contributed by atoms with van der Waals surface area (Å²) in [6, 6.07) is 10.9. The van der Waals surface area contributed by atoms with E-state index in [0.717, 1.165) is 0 Å². The Morgan fingerprint density at radius 3 is 2.43 bits per heavy atom. The van der Waals surface area contributed by atoms with Gasteiger partial charge in [0.05, 0.1) is 24.7 Å². The maximum Gasteiger partial charge on any atom is 0.355 e. The van der Waals surface area contributed by atoms with Crippen molar-refractivity contribution < 1.29 is 23.9 Å². The van der Waals surface area contributed by atoms with Gasteiger partial charge in [-0.3, -0.25) is 4.79 Å². The second-order valence-corrected chi connectivity index (χ2v) is 6.63. The molecule has 1 heterocycles. The van der Waals surface area contributed by atoms with Crippen molar-refractivity contribution in [3.05, 3.63) is 52.8 Å². The van der Waals surface area contributed by atoms with Gasteiger partial charge in [-0.2, -0.15) is 5.26 Å². The van der Waals surface area contributed by atoms with E-state index in [1.54, 1.807) is 45.0 Å². The number of aryl methyl sites for hydroxylation is 1. The van der Waals surface area contributed by atoms with Gasteiger partial charge in [-0.1, -0.05) is 18.2 Å². The number of nitrogens with one attached hydrogen (secondary N) is 1. The van der Waals surface area contributed by atoms with Crippen LogP contribution in [0.5, 0.6) is 0 Å². The van der Waals surface area contributed by atoms with Gasteiger partial charge in [0.25, 0.3) is 5.91 Å². The lowest BCUT2D eigenvalue weighted by Gasteiger charge is -2.25. The topological polar surface area (TPSA) is 112 Å². The molecule has 0 unspecified atom stereocenters. The van der Waals surface area contributed by atoms with Crippen LogP contribution in [0.4, 0.5) is 5.69 Å². The van der Waals surface area contributed by atoms with E-state index in [-0.39, 0.29) is 30.8 Å². The quantitative estimate of drug-likeness (QED) is 0.667. The molecule has 30 heavy (non-hydrogen) atoms. The molecular formula is C22H25N3O5. The van der Waals surface area contributed by atoms with Crippen molar-refractivity contribution in [1.29, 1.82) is 5.26 Å². The second-order valence-electron chi connectivity index (χ2n) is 6.63. The molecule has 0 aliphatic heterocycles. The Labute approximate surface area is 175 Å². The average molecular weight is 411 g/mol. The van der Waals surface area contributed by atoms with Crippen molar-refractivity contribution in [3.63, 3.8) is 0 Å². The molecule has 1 amide bonds. The zero-order valence-corrected chi connectivity index (χ0v) is 17.5. The Kier molecular flexibility index (Phi) is 7.76. The third kappa shape index (κ3) is 5.06. The summed E-state index contributed by atoms with van der Waals surface area (Å²) in [5.41, 5.74) is 1.87. The van der Waals surface area contributed by atoms with Crippen LogP contribution in [0.25, 0.3) is 0 Å². The molecule has 1 atom stereocenters.